The zero-order valence-corrected chi connectivity index (χ0v) is 44.3. The van der Waals surface area contributed by atoms with E-state index in [0.29, 0.717) is 78.2 Å². The van der Waals surface area contributed by atoms with Crippen LogP contribution in [0.2, 0.25) is 0 Å². The van der Waals surface area contributed by atoms with Crippen molar-refractivity contribution < 1.29 is 52.9 Å². The van der Waals surface area contributed by atoms with Crippen LogP contribution in [0.1, 0.15) is 149 Å². The lowest BCUT2D eigenvalue weighted by molar-refractivity contribution is -0.384. The number of fused-ring (bicyclic) bond motifs is 2. The maximum Gasteiger partial charge on any atom is 0.269 e. The van der Waals surface area contributed by atoms with Gasteiger partial charge in [-0.05, 0) is 121 Å². The number of methoxy groups -OCH3 is 1. The van der Waals surface area contributed by atoms with E-state index in [-0.39, 0.29) is 75.2 Å². The number of oxime groups is 1. The predicted octanol–water partition coefficient (Wildman–Crippen LogP) is 13.1. The van der Waals surface area contributed by atoms with Crippen molar-refractivity contribution in [3.63, 3.8) is 0 Å². The minimum Gasteiger partial charge on any atom is -0.496 e. The number of nitro benzene ring substituents is 1. The number of nitrogens with zero attached hydrogens (tertiary/aromatic N) is 3. The van der Waals surface area contributed by atoms with Crippen LogP contribution in [0.25, 0.3) is 0 Å². The number of nitro groups is 1. The molecule has 2 N–H and O–H groups in total. The fourth-order valence-electron chi connectivity index (χ4n) is 11.5. The highest BCUT2D eigenvalue weighted by molar-refractivity contribution is 6.03. The number of hydrogen-bond donors (Lipinski definition) is 2. The number of halogens is 1. The van der Waals surface area contributed by atoms with Gasteiger partial charge in [-0.1, -0.05) is 101 Å². The minimum absolute atomic E-state index is 0.00337. The van der Waals surface area contributed by atoms with Gasteiger partial charge in [-0.15, -0.1) is 6.58 Å². The van der Waals surface area contributed by atoms with Gasteiger partial charge in [-0.25, -0.2) is 4.39 Å². The number of benzene rings is 4. The molecule has 4 aromatic rings. The molecule has 0 aromatic heterocycles. The van der Waals surface area contributed by atoms with Gasteiger partial charge in [0.1, 0.15) is 41.5 Å². The van der Waals surface area contributed by atoms with Gasteiger partial charge in [0.25, 0.3) is 5.69 Å². The third-order valence-corrected chi connectivity index (χ3v) is 15.2. The van der Waals surface area contributed by atoms with E-state index in [1.165, 1.54) is 63.5 Å². The monoisotopic (exact) mass is 1050 g/mol. The lowest BCUT2D eigenvalue weighted by Gasteiger charge is -2.60. The van der Waals surface area contributed by atoms with E-state index >= 15 is 4.79 Å². The summed E-state index contributed by atoms with van der Waals surface area (Å²) in [5, 5.41) is 36.6. The summed E-state index contributed by atoms with van der Waals surface area (Å²) in [6.45, 7) is 6.53. The van der Waals surface area contributed by atoms with E-state index < -0.39 is 28.5 Å². The standard InChI is InChI=1S/C61H76FN3O11/c1-4-6-7-8-9-10-11-12-13-20-58(69)64(40-43-21-25-47(62)26-22-43)57-39-54(63-74-42-44-23-27-48(28-24-44)65(70)71)52-37-45(18-14-16-33-66)51(19-15-17-34-67)59-53-38-50(75-49-29-31-55(72-3)46(36-49)41-68)30-32-56(53)76-61(57,60(52)59)73-35-5-2/h5,21-32,36-38,41,45,51,57,59-60,66-67H,2,4,6-20,33-35,39-40,42H2,1,3H3/t45-,51+,57-,59+,60+,61+/m0/s1. The molecule has 2 aliphatic carbocycles. The Morgan fingerprint density at radius 3 is 2.22 bits per heavy atom. The third kappa shape index (κ3) is 14.3. The number of non-ortho nitro benzene ring substituents is 1. The smallest absolute Gasteiger partial charge is 0.269 e. The van der Waals surface area contributed by atoms with Crippen molar-refractivity contribution in [2.45, 2.75) is 147 Å². The van der Waals surface area contributed by atoms with Crippen LogP contribution in [0.15, 0.2) is 114 Å². The number of aldehydes is 1. The van der Waals surface area contributed by atoms with E-state index in [4.69, 9.17) is 28.9 Å². The largest absolute Gasteiger partial charge is 0.496 e. The van der Waals surface area contributed by atoms with Gasteiger partial charge in [-0.3, -0.25) is 19.7 Å². The van der Waals surface area contributed by atoms with Crippen molar-refractivity contribution in [2.24, 2.45) is 22.9 Å². The van der Waals surface area contributed by atoms with Gasteiger partial charge in [0, 0.05) is 56.2 Å². The zero-order chi connectivity index (χ0) is 53.9. The van der Waals surface area contributed by atoms with Crippen LogP contribution in [-0.4, -0.2) is 76.7 Å². The second-order valence-corrected chi connectivity index (χ2v) is 20.3. The third-order valence-electron chi connectivity index (χ3n) is 15.2. The molecule has 0 unspecified atom stereocenters. The molecular formula is C61H76FN3O11. The average molecular weight is 1050 g/mol. The van der Waals surface area contributed by atoms with E-state index in [9.17, 15) is 29.5 Å². The van der Waals surface area contributed by atoms with Gasteiger partial charge >= 0.3 is 0 Å². The Hall–Kier alpha value is -6.42. The van der Waals surface area contributed by atoms with Crippen molar-refractivity contribution >= 4 is 23.6 Å². The maximum absolute atomic E-state index is 15.3. The van der Waals surface area contributed by atoms with Gasteiger partial charge in [0.15, 0.2) is 6.29 Å². The number of aliphatic hydroxyl groups excluding tert-OH is 2. The van der Waals surface area contributed by atoms with Crippen molar-refractivity contribution in [3.8, 4) is 23.0 Å². The van der Waals surface area contributed by atoms with Crippen LogP contribution in [0.4, 0.5) is 10.1 Å². The Balaban J connectivity index is 1.39. The molecule has 1 fully saturated rings. The van der Waals surface area contributed by atoms with Crippen molar-refractivity contribution in [1.82, 2.24) is 4.90 Å². The maximum atomic E-state index is 15.3. The zero-order valence-electron chi connectivity index (χ0n) is 44.3. The van der Waals surface area contributed by atoms with Crippen molar-refractivity contribution in [3.05, 3.63) is 147 Å². The molecule has 4 aromatic carbocycles. The molecule has 7 rings (SSSR count). The van der Waals surface area contributed by atoms with Gasteiger partial charge in [-0.2, -0.15) is 0 Å². The fourth-order valence-corrected chi connectivity index (χ4v) is 11.5. The molecular weight excluding hydrogens is 970 g/mol. The number of carbonyl (C=O) groups is 2. The van der Waals surface area contributed by atoms with Crippen molar-refractivity contribution in [1.29, 1.82) is 0 Å². The molecule has 0 bridgehead atoms. The van der Waals surface area contributed by atoms with E-state index in [1.54, 1.807) is 48.5 Å². The Kier molecular flexibility index (Phi) is 21.6. The molecule has 0 radical (unpaired) electrons. The number of hydrogen-bond acceptors (Lipinski definition) is 12. The summed E-state index contributed by atoms with van der Waals surface area (Å²) in [7, 11) is 1.50. The Morgan fingerprint density at radius 2 is 1.55 bits per heavy atom. The number of carbonyl (C=O) groups excluding carboxylic acids is 2. The first-order valence-corrected chi connectivity index (χ1v) is 27.4. The average Bonchev–Trinajstić information content (AvgIpc) is 3.62. The summed E-state index contributed by atoms with van der Waals surface area (Å²) in [4.78, 5) is 46.5. The lowest BCUT2D eigenvalue weighted by atomic mass is 9.55. The van der Waals surface area contributed by atoms with Crippen LogP contribution in [-0.2, 0) is 27.5 Å². The number of unbranched alkanes of at least 4 members (excludes halogenated alkanes) is 10. The predicted molar refractivity (Wildman–Crippen MR) is 290 cm³/mol. The van der Waals surface area contributed by atoms with Gasteiger partial charge < -0.3 is 38.9 Å². The highest BCUT2D eigenvalue weighted by Crippen LogP contribution is 2.62. The Morgan fingerprint density at radius 1 is 0.882 bits per heavy atom. The second-order valence-electron chi connectivity index (χ2n) is 20.3. The van der Waals surface area contributed by atoms with Crippen LogP contribution in [0, 0.1) is 33.7 Å². The summed E-state index contributed by atoms with van der Waals surface area (Å²) in [6, 6.07) is 22.2. The Bertz CT molecular complexity index is 2610. The second kappa shape index (κ2) is 28.6. The van der Waals surface area contributed by atoms with Crippen LogP contribution in [0.5, 0.6) is 23.0 Å². The summed E-state index contributed by atoms with van der Waals surface area (Å²) < 4.78 is 41.2. The summed E-state index contributed by atoms with van der Waals surface area (Å²) in [5.41, 5.74) is 3.92. The number of ether oxygens (including phenoxy) is 4. The lowest BCUT2D eigenvalue weighted by Crippen LogP contribution is -2.70. The van der Waals surface area contributed by atoms with Gasteiger partial charge in [0.05, 0.1) is 35.8 Å². The molecule has 1 aliphatic heterocycles. The quantitative estimate of drug-likeness (QED) is 0.0156. The number of rotatable bonds is 32. The molecule has 1 saturated carbocycles. The minimum atomic E-state index is -1.55. The molecule has 6 atom stereocenters. The van der Waals surface area contributed by atoms with Crippen molar-refractivity contribution in [2.75, 3.05) is 26.9 Å². The number of allylic oxidation sites excluding steroid dienone is 1. The van der Waals surface area contributed by atoms with Crippen LogP contribution < -0.4 is 14.2 Å². The summed E-state index contributed by atoms with van der Waals surface area (Å²) in [5.74, 6) is -1.30. The van der Waals surface area contributed by atoms with Crippen LogP contribution >= 0.6 is 0 Å². The first kappa shape index (κ1) is 57.3. The highest BCUT2D eigenvalue weighted by atomic mass is 19.1. The molecule has 76 heavy (non-hydrogen) atoms. The molecule has 1 heterocycles. The van der Waals surface area contributed by atoms with Gasteiger partial charge in [0.2, 0.25) is 11.7 Å². The first-order chi connectivity index (χ1) is 37.1. The highest BCUT2D eigenvalue weighted by Gasteiger charge is 2.65. The summed E-state index contributed by atoms with van der Waals surface area (Å²) >= 11 is 0. The SMILES string of the molecule is C=CCO[C@@]12Oc3ccc(Oc4ccc(OC)c(C=O)c4)cc3[C@H]3[C@H](CCCCO)[C@@H](CCCCO)C=C(C(=NOCc4ccc([N+](=O)[O-])cc4)C[C@@H]1N(Cc1ccc(F)cc1)C(=O)CCCCCCCCCCC)[C@H]32. The molecule has 0 spiro atoms. The molecule has 14 nitrogen and oxygen atoms in total. The molecule has 0 saturated heterocycles. The molecule has 408 valence electrons. The summed E-state index contributed by atoms with van der Waals surface area (Å²) in [6.07, 6.45) is 18.9. The normalized spacial score (nSPS) is 20.9. The number of aliphatic hydroxyl groups is 2. The molecule has 3 aliphatic rings. The van der Waals surface area contributed by atoms with E-state index in [2.05, 4.69) is 19.6 Å². The van der Waals surface area contributed by atoms with E-state index in [1.807, 2.05) is 23.1 Å². The van der Waals surface area contributed by atoms with E-state index in [0.717, 1.165) is 48.8 Å². The number of amides is 1. The Labute approximate surface area is 447 Å². The van der Waals surface area contributed by atoms with Crippen LogP contribution in [0.3, 0.4) is 0 Å². The first-order valence-electron chi connectivity index (χ1n) is 27.4. The molecule has 15 heteroatoms. The topological polar surface area (TPSA) is 179 Å². The fraction of sp³-hybridized carbons (Fsp3) is 0.492. The molecule has 1 amide bonds.